The number of nitrogens with zero attached hydrogens (tertiary/aromatic N) is 1. The lowest BCUT2D eigenvalue weighted by Crippen LogP contribution is -2.30. The summed E-state index contributed by atoms with van der Waals surface area (Å²) in [4.78, 5) is 2.26. The largest absolute Gasteiger partial charge is 0.495 e. The van der Waals surface area contributed by atoms with Crippen LogP contribution in [-0.2, 0) is 0 Å². The number of anilines is 1. The molecule has 1 unspecified atom stereocenters. The molecule has 1 aromatic rings. The van der Waals surface area contributed by atoms with Crippen molar-refractivity contribution < 1.29 is 4.74 Å². The molecule has 3 heteroatoms. The van der Waals surface area contributed by atoms with Crippen LogP contribution in [0.15, 0.2) is 18.2 Å². The number of hydrogen-bond donors (Lipinski definition) is 1. The molecule has 0 aliphatic rings. The highest BCUT2D eigenvalue weighted by Gasteiger charge is 2.14. The van der Waals surface area contributed by atoms with Crippen LogP contribution in [0.25, 0.3) is 0 Å². The number of rotatable bonds is 7. The van der Waals surface area contributed by atoms with Crippen LogP contribution < -0.4 is 15.4 Å². The first-order chi connectivity index (χ1) is 9.03. The Labute approximate surface area is 117 Å². The van der Waals surface area contributed by atoms with E-state index in [0.717, 1.165) is 30.9 Å². The highest BCUT2D eigenvalue weighted by atomic mass is 16.5. The summed E-state index contributed by atoms with van der Waals surface area (Å²) in [6.45, 7) is 8.30. The van der Waals surface area contributed by atoms with Gasteiger partial charge in [-0.2, -0.15) is 0 Å². The Morgan fingerprint density at radius 1 is 1.32 bits per heavy atom. The van der Waals surface area contributed by atoms with Gasteiger partial charge in [0.1, 0.15) is 5.75 Å². The second-order valence-corrected chi connectivity index (χ2v) is 5.48. The summed E-state index contributed by atoms with van der Waals surface area (Å²) < 4.78 is 5.48. The lowest BCUT2D eigenvalue weighted by atomic mass is 10.0. The van der Waals surface area contributed by atoms with Crippen LogP contribution in [0.4, 0.5) is 5.69 Å². The number of methoxy groups -OCH3 is 1. The van der Waals surface area contributed by atoms with E-state index >= 15 is 0 Å². The van der Waals surface area contributed by atoms with Crippen LogP contribution >= 0.6 is 0 Å². The van der Waals surface area contributed by atoms with E-state index in [0.29, 0.717) is 11.8 Å². The lowest BCUT2D eigenvalue weighted by molar-refractivity contribution is 0.413. The normalized spacial score (nSPS) is 12.6. The van der Waals surface area contributed by atoms with Crippen molar-refractivity contribution in [2.45, 2.75) is 33.1 Å². The van der Waals surface area contributed by atoms with Crippen molar-refractivity contribution in [1.29, 1.82) is 0 Å². The number of benzene rings is 1. The third-order valence-corrected chi connectivity index (χ3v) is 3.72. The quantitative estimate of drug-likeness (QED) is 0.821. The molecular formula is C16H28N2O. The van der Waals surface area contributed by atoms with E-state index in [1.54, 1.807) is 7.11 Å². The van der Waals surface area contributed by atoms with Gasteiger partial charge in [0.25, 0.3) is 0 Å². The molecule has 0 aliphatic carbocycles. The van der Waals surface area contributed by atoms with Crippen molar-refractivity contribution in [1.82, 2.24) is 0 Å². The van der Waals surface area contributed by atoms with Gasteiger partial charge in [0.05, 0.1) is 12.8 Å². The summed E-state index contributed by atoms with van der Waals surface area (Å²) in [6.07, 6.45) is 1.10. The van der Waals surface area contributed by atoms with E-state index < -0.39 is 0 Å². The Morgan fingerprint density at radius 2 is 2.00 bits per heavy atom. The van der Waals surface area contributed by atoms with Gasteiger partial charge < -0.3 is 15.4 Å². The third kappa shape index (κ3) is 4.13. The van der Waals surface area contributed by atoms with Crippen LogP contribution in [-0.4, -0.2) is 27.2 Å². The fourth-order valence-electron chi connectivity index (χ4n) is 2.22. The summed E-state index contributed by atoms with van der Waals surface area (Å²) >= 11 is 0. The zero-order chi connectivity index (χ0) is 14.4. The molecule has 0 aromatic heterocycles. The molecular weight excluding hydrogens is 236 g/mol. The van der Waals surface area contributed by atoms with E-state index in [2.05, 4.69) is 50.9 Å². The van der Waals surface area contributed by atoms with Gasteiger partial charge in [0, 0.05) is 13.6 Å². The van der Waals surface area contributed by atoms with Gasteiger partial charge in [-0.1, -0.05) is 33.3 Å². The molecule has 0 heterocycles. The van der Waals surface area contributed by atoms with Gasteiger partial charge in [0.15, 0.2) is 0 Å². The molecule has 1 rings (SSSR count). The van der Waals surface area contributed by atoms with Crippen LogP contribution in [0.2, 0.25) is 0 Å². The molecule has 0 saturated carbocycles. The van der Waals surface area contributed by atoms with Gasteiger partial charge in [-0.05, 0) is 36.1 Å². The van der Waals surface area contributed by atoms with E-state index in [1.807, 2.05) is 0 Å². The number of nitrogens with two attached hydrogens (primary N) is 1. The number of hydrogen-bond acceptors (Lipinski definition) is 3. The molecule has 0 aliphatic heterocycles. The molecule has 3 nitrogen and oxygen atoms in total. The Kier molecular flexibility index (Phi) is 6.16. The minimum atomic E-state index is 0.523. The van der Waals surface area contributed by atoms with Crippen molar-refractivity contribution in [2.75, 3.05) is 32.1 Å². The van der Waals surface area contributed by atoms with Crippen molar-refractivity contribution >= 4 is 5.69 Å². The van der Waals surface area contributed by atoms with Crippen molar-refractivity contribution in [3.8, 4) is 5.75 Å². The average molecular weight is 264 g/mol. The van der Waals surface area contributed by atoms with E-state index in [-0.39, 0.29) is 0 Å². The molecule has 2 N–H and O–H groups in total. The predicted octanol–water partition coefficient (Wildman–Crippen LogP) is 3.24. The molecule has 1 atom stereocenters. The first-order valence-electron chi connectivity index (χ1n) is 7.12. The maximum Gasteiger partial charge on any atom is 0.142 e. The first-order valence-corrected chi connectivity index (χ1v) is 7.12. The molecule has 0 amide bonds. The van der Waals surface area contributed by atoms with Gasteiger partial charge in [-0.15, -0.1) is 0 Å². The molecule has 0 radical (unpaired) electrons. The van der Waals surface area contributed by atoms with Crippen molar-refractivity contribution in [3.63, 3.8) is 0 Å². The summed E-state index contributed by atoms with van der Waals surface area (Å²) in [5.74, 6) is 1.98. The maximum atomic E-state index is 5.80. The second-order valence-electron chi connectivity index (χ2n) is 5.48. The Bertz CT molecular complexity index is 386. The van der Waals surface area contributed by atoms with Crippen molar-refractivity contribution in [3.05, 3.63) is 23.8 Å². The highest BCUT2D eigenvalue weighted by Crippen LogP contribution is 2.31. The average Bonchev–Trinajstić information content (AvgIpc) is 2.43. The minimum absolute atomic E-state index is 0.523. The summed E-state index contributed by atoms with van der Waals surface area (Å²) in [5, 5.41) is 0. The zero-order valence-electron chi connectivity index (χ0n) is 12.9. The van der Waals surface area contributed by atoms with Crippen LogP contribution in [0.1, 0.15) is 38.7 Å². The molecule has 108 valence electrons. The van der Waals surface area contributed by atoms with Crippen LogP contribution in [0.3, 0.4) is 0 Å². The Balaban J connectivity index is 2.98. The minimum Gasteiger partial charge on any atom is -0.495 e. The summed E-state index contributed by atoms with van der Waals surface area (Å²) in [6, 6.07) is 6.43. The smallest absolute Gasteiger partial charge is 0.142 e. The van der Waals surface area contributed by atoms with Crippen LogP contribution in [0.5, 0.6) is 5.75 Å². The number of ether oxygens (including phenoxy) is 1. The second kappa shape index (κ2) is 7.39. The van der Waals surface area contributed by atoms with Crippen LogP contribution in [0, 0.1) is 5.92 Å². The molecule has 0 spiro atoms. The fraction of sp³-hybridized carbons (Fsp3) is 0.625. The topological polar surface area (TPSA) is 38.5 Å². The van der Waals surface area contributed by atoms with E-state index in [9.17, 15) is 0 Å². The highest BCUT2D eigenvalue weighted by molar-refractivity contribution is 5.60. The van der Waals surface area contributed by atoms with E-state index in [1.165, 1.54) is 5.56 Å². The molecule has 19 heavy (non-hydrogen) atoms. The maximum absolute atomic E-state index is 5.80. The predicted molar refractivity (Wildman–Crippen MR) is 83.2 cm³/mol. The van der Waals surface area contributed by atoms with Gasteiger partial charge in [-0.3, -0.25) is 0 Å². The Hall–Kier alpha value is -1.22. The van der Waals surface area contributed by atoms with Gasteiger partial charge in [0.2, 0.25) is 0 Å². The van der Waals surface area contributed by atoms with E-state index in [4.69, 9.17) is 10.5 Å². The molecule has 1 aromatic carbocycles. The van der Waals surface area contributed by atoms with Crippen molar-refractivity contribution in [2.24, 2.45) is 11.7 Å². The lowest BCUT2D eigenvalue weighted by Gasteiger charge is -2.26. The molecule has 0 saturated heterocycles. The molecule has 0 fully saturated rings. The SMILES string of the molecule is CCC(CN)CN(C)c1cc(C(C)C)ccc1OC. The fourth-order valence-corrected chi connectivity index (χ4v) is 2.22. The van der Waals surface area contributed by atoms with Gasteiger partial charge >= 0.3 is 0 Å². The van der Waals surface area contributed by atoms with Gasteiger partial charge in [-0.25, -0.2) is 0 Å². The first kappa shape index (κ1) is 15.8. The summed E-state index contributed by atoms with van der Waals surface area (Å²) in [5.41, 5.74) is 8.29. The third-order valence-electron chi connectivity index (χ3n) is 3.72. The Morgan fingerprint density at radius 3 is 2.47 bits per heavy atom. The summed E-state index contributed by atoms with van der Waals surface area (Å²) in [7, 11) is 3.84. The monoisotopic (exact) mass is 264 g/mol. The standard InChI is InChI=1S/C16H28N2O/c1-6-13(10-17)11-18(4)15-9-14(12(2)3)7-8-16(15)19-5/h7-9,12-13H,6,10-11,17H2,1-5H3. The molecule has 0 bridgehead atoms. The zero-order valence-corrected chi connectivity index (χ0v) is 12.9.